The lowest BCUT2D eigenvalue weighted by atomic mass is 10.0. The van der Waals surface area contributed by atoms with Crippen LogP contribution in [0.15, 0.2) is 47.0 Å². The van der Waals surface area contributed by atoms with Crippen molar-refractivity contribution in [3.63, 3.8) is 0 Å². The second kappa shape index (κ2) is 6.18. The minimum atomic E-state index is -0.995. The van der Waals surface area contributed by atoms with Gasteiger partial charge in [-0.2, -0.15) is 0 Å². The summed E-state index contributed by atoms with van der Waals surface area (Å²) in [6.07, 6.45) is 0. The number of aliphatic hydroxyl groups is 1. The highest BCUT2D eigenvalue weighted by molar-refractivity contribution is 5.73. The average molecular weight is 317 g/mol. The number of methoxy groups -OCH3 is 1. The van der Waals surface area contributed by atoms with Gasteiger partial charge in [-0.25, -0.2) is 8.78 Å². The zero-order chi connectivity index (χ0) is 16.4. The molecule has 4 nitrogen and oxygen atoms in total. The molecule has 1 aromatic heterocycles. The summed E-state index contributed by atoms with van der Waals surface area (Å²) in [6.45, 7) is -0.357. The maximum absolute atomic E-state index is 13.4. The summed E-state index contributed by atoms with van der Waals surface area (Å²) in [5.74, 6) is -1.12. The predicted octanol–water partition coefficient (Wildman–Crippen LogP) is 3.79. The molecular weight excluding hydrogens is 304 g/mol. The highest BCUT2D eigenvalue weighted by atomic mass is 19.2. The van der Waals surface area contributed by atoms with Crippen LogP contribution < -0.4 is 4.74 Å². The van der Waals surface area contributed by atoms with Crippen LogP contribution in [0.3, 0.4) is 0 Å². The van der Waals surface area contributed by atoms with E-state index in [0.717, 1.165) is 12.1 Å². The van der Waals surface area contributed by atoms with Gasteiger partial charge in [0.1, 0.15) is 11.4 Å². The minimum Gasteiger partial charge on any atom is -0.497 e. The van der Waals surface area contributed by atoms with Crippen LogP contribution in [-0.2, 0) is 6.61 Å². The minimum absolute atomic E-state index is 0.198. The molecule has 23 heavy (non-hydrogen) atoms. The summed E-state index contributed by atoms with van der Waals surface area (Å²) in [4.78, 5) is 0. The van der Waals surface area contributed by atoms with Gasteiger partial charge in [-0.15, -0.1) is 0 Å². The van der Waals surface area contributed by atoms with E-state index < -0.39 is 11.6 Å². The zero-order valence-electron chi connectivity index (χ0n) is 12.2. The van der Waals surface area contributed by atoms with Crippen LogP contribution in [0.4, 0.5) is 8.78 Å². The molecule has 6 heteroatoms. The van der Waals surface area contributed by atoms with Gasteiger partial charge in [-0.3, -0.25) is 0 Å². The molecule has 0 spiro atoms. The van der Waals surface area contributed by atoms with Crippen molar-refractivity contribution in [3.8, 4) is 28.3 Å². The monoisotopic (exact) mass is 317 g/mol. The third kappa shape index (κ3) is 2.80. The van der Waals surface area contributed by atoms with E-state index in [4.69, 9.17) is 9.26 Å². The standard InChI is InChI=1S/C17H13F2NO3/c1-22-12-4-2-3-10(7-12)16-13(9-21)17(23-20-16)11-5-6-14(18)15(19)8-11/h2-8,21H,9H2,1H3. The Balaban J connectivity index is 2.10. The summed E-state index contributed by atoms with van der Waals surface area (Å²) in [5, 5.41) is 13.6. The Morgan fingerprint density at radius 3 is 2.61 bits per heavy atom. The molecule has 0 amide bonds. The Kier molecular flexibility index (Phi) is 4.08. The first-order valence-corrected chi connectivity index (χ1v) is 6.83. The summed E-state index contributed by atoms with van der Waals surface area (Å²) >= 11 is 0. The van der Waals surface area contributed by atoms with Gasteiger partial charge in [0.05, 0.1) is 19.3 Å². The normalized spacial score (nSPS) is 10.8. The smallest absolute Gasteiger partial charge is 0.173 e. The molecule has 0 aliphatic heterocycles. The Bertz CT molecular complexity index is 846. The summed E-state index contributed by atoms with van der Waals surface area (Å²) < 4.78 is 36.9. The summed E-state index contributed by atoms with van der Waals surface area (Å²) in [6, 6.07) is 10.5. The molecule has 2 aromatic carbocycles. The number of rotatable bonds is 4. The first-order chi connectivity index (χ1) is 11.1. The molecule has 1 heterocycles. The highest BCUT2D eigenvalue weighted by Gasteiger charge is 2.19. The van der Waals surface area contributed by atoms with Crippen LogP contribution >= 0.6 is 0 Å². The molecule has 0 unspecified atom stereocenters. The van der Waals surface area contributed by atoms with Crippen molar-refractivity contribution in [2.75, 3.05) is 7.11 Å². The predicted molar refractivity (Wildman–Crippen MR) is 79.8 cm³/mol. The third-order valence-corrected chi connectivity index (χ3v) is 3.47. The second-order valence-electron chi connectivity index (χ2n) is 4.86. The Morgan fingerprint density at radius 2 is 1.91 bits per heavy atom. The zero-order valence-corrected chi connectivity index (χ0v) is 12.2. The van der Waals surface area contributed by atoms with Gasteiger partial charge in [0.15, 0.2) is 17.4 Å². The fraction of sp³-hybridized carbons (Fsp3) is 0.118. The number of aliphatic hydroxyl groups excluding tert-OH is 1. The first kappa shape index (κ1) is 15.2. The van der Waals surface area contributed by atoms with Crippen LogP contribution in [-0.4, -0.2) is 17.4 Å². The molecular formula is C17H13F2NO3. The van der Waals surface area contributed by atoms with Crippen molar-refractivity contribution >= 4 is 0 Å². The van der Waals surface area contributed by atoms with E-state index in [0.29, 0.717) is 28.1 Å². The van der Waals surface area contributed by atoms with E-state index in [2.05, 4.69) is 5.16 Å². The lowest BCUT2D eigenvalue weighted by Gasteiger charge is -2.04. The van der Waals surface area contributed by atoms with E-state index in [1.54, 1.807) is 31.4 Å². The molecule has 3 aromatic rings. The van der Waals surface area contributed by atoms with E-state index in [-0.39, 0.29) is 12.4 Å². The Morgan fingerprint density at radius 1 is 1.09 bits per heavy atom. The van der Waals surface area contributed by atoms with Gasteiger partial charge in [0, 0.05) is 11.1 Å². The van der Waals surface area contributed by atoms with Crippen molar-refractivity contribution in [2.45, 2.75) is 6.61 Å². The maximum atomic E-state index is 13.4. The summed E-state index contributed by atoms with van der Waals surface area (Å²) in [7, 11) is 1.54. The molecule has 0 atom stereocenters. The van der Waals surface area contributed by atoms with E-state index >= 15 is 0 Å². The molecule has 0 saturated carbocycles. The molecule has 0 radical (unpaired) electrons. The van der Waals surface area contributed by atoms with Crippen molar-refractivity contribution in [3.05, 3.63) is 59.7 Å². The number of hydrogen-bond acceptors (Lipinski definition) is 4. The van der Waals surface area contributed by atoms with E-state index in [9.17, 15) is 13.9 Å². The maximum Gasteiger partial charge on any atom is 0.173 e. The van der Waals surface area contributed by atoms with Crippen LogP contribution in [0, 0.1) is 11.6 Å². The van der Waals surface area contributed by atoms with Crippen molar-refractivity contribution in [2.24, 2.45) is 0 Å². The topological polar surface area (TPSA) is 55.5 Å². The molecule has 0 aliphatic carbocycles. The number of halogens is 2. The van der Waals surface area contributed by atoms with Crippen molar-refractivity contribution in [1.82, 2.24) is 5.16 Å². The molecule has 118 valence electrons. The van der Waals surface area contributed by atoms with Gasteiger partial charge in [-0.1, -0.05) is 17.3 Å². The third-order valence-electron chi connectivity index (χ3n) is 3.47. The summed E-state index contributed by atoms with van der Waals surface area (Å²) in [5.41, 5.74) is 1.80. The SMILES string of the molecule is COc1cccc(-c2noc(-c3ccc(F)c(F)c3)c2CO)c1. The largest absolute Gasteiger partial charge is 0.497 e. The van der Waals surface area contributed by atoms with Gasteiger partial charge < -0.3 is 14.4 Å². The molecule has 0 aliphatic rings. The van der Waals surface area contributed by atoms with Crippen LogP contribution in [0.25, 0.3) is 22.6 Å². The number of aromatic nitrogens is 1. The second-order valence-corrected chi connectivity index (χ2v) is 4.86. The Hall–Kier alpha value is -2.73. The van der Waals surface area contributed by atoms with Crippen LogP contribution in [0.2, 0.25) is 0 Å². The van der Waals surface area contributed by atoms with E-state index in [1.165, 1.54) is 6.07 Å². The van der Waals surface area contributed by atoms with Crippen molar-refractivity contribution in [1.29, 1.82) is 0 Å². The van der Waals surface area contributed by atoms with Crippen LogP contribution in [0.1, 0.15) is 5.56 Å². The molecule has 3 rings (SSSR count). The van der Waals surface area contributed by atoms with Crippen LogP contribution in [0.5, 0.6) is 5.75 Å². The van der Waals surface area contributed by atoms with E-state index in [1.807, 2.05) is 0 Å². The molecule has 0 fully saturated rings. The van der Waals surface area contributed by atoms with Gasteiger partial charge in [0.25, 0.3) is 0 Å². The molecule has 0 bridgehead atoms. The number of ether oxygens (including phenoxy) is 1. The average Bonchev–Trinajstić information content (AvgIpc) is 3.01. The van der Waals surface area contributed by atoms with Gasteiger partial charge >= 0.3 is 0 Å². The molecule has 0 saturated heterocycles. The Labute approximate surface area is 130 Å². The highest BCUT2D eigenvalue weighted by Crippen LogP contribution is 2.34. The van der Waals surface area contributed by atoms with Crippen molar-refractivity contribution < 1.29 is 23.1 Å². The first-order valence-electron chi connectivity index (χ1n) is 6.83. The fourth-order valence-electron chi connectivity index (χ4n) is 2.32. The number of benzene rings is 2. The van der Waals surface area contributed by atoms with Gasteiger partial charge in [0.2, 0.25) is 0 Å². The van der Waals surface area contributed by atoms with Gasteiger partial charge in [-0.05, 0) is 30.3 Å². The quantitative estimate of drug-likeness (QED) is 0.795. The lowest BCUT2D eigenvalue weighted by molar-refractivity contribution is 0.281. The molecule has 1 N–H and O–H groups in total. The number of hydrogen-bond donors (Lipinski definition) is 1. The fourth-order valence-corrected chi connectivity index (χ4v) is 2.32. The lowest BCUT2D eigenvalue weighted by Crippen LogP contribution is -1.91. The number of nitrogens with zero attached hydrogens (tertiary/aromatic N) is 1.